The molecule has 7 heteroatoms. The largest absolute Gasteiger partial charge is 0.355 e. The zero-order valence-corrected chi connectivity index (χ0v) is 17.9. The van der Waals surface area contributed by atoms with E-state index in [1.807, 2.05) is 31.2 Å². The van der Waals surface area contributed by atoms with Gasteiger partial charge in [0.25, 0.3) is 0 Å². The first kappa shape index (κ1) is 22.4. The van der Waals surface area contributed by atoms with Crippen LogP contribution in [0.3, 0.4) is 0 Å². The molecule has 5 nitrogen and oxygen atoms in total. The van der Waals surface area contributed by atoms with Crippen LogP contribution in [-0.2, 0) is 21.4 Å². The van der Waals surface area contributed by atoms with Crippen LogP contribution in [0, 0.1) is 6.92 Å². The van der Waals surface area contributed by atoms with E-state index in [9.17, 15) is 13.2 Å². The summed E-state index contributed by atoms with van der Waals surface area (Å²) in [4.78, 5) is 12.5. The normalized spacial score (nSPS) is 11.6. The maximum absolute atomic E-state index is 13.1. The fourth-order valence-electron chi connectivity index (χ4n) is 2.81. The van der Waals surface area contributed by atoms with E-state index in [1.54, 1.807) is 0 Å². The van der Waals surface area contributed by atoms with Gasteiger partial charge in [-0.15, -0.1) is 0 Å². The number of nitrogens with one attached hydrogen (secondary N) is 1. The number of hydrogen-bond donors (Lipinski definition) is 1. The predicted molar refractivity (Wildman–Crippen MR) is 113 cm³/mol. The number of hydrogen-bond acceptors (Lipinski definition) is 3. The van der Waals surface area contributed by atoms with Crippen LogP contribution in [0.5, 0.6) is 0 Å². The predicted octanol–water partition coefficient (Wildman–Crippen LogP) is 4.15. The summed E-state index contributed by atoms with van der Waals surface area (Å²) in [6.45, 7) is 4.47. The van der Waals surface area contributed by atoms with Crippen LogP contribution in [0.25, 0.3) is 0 Å². The van der Waals surface area contributed by atoms with Gasteiger partial charge in [0.2, 0.25) is 15.9 Å². The molecule has 2 aromatic rings. The molecule has 2 rings (SSSR count). The standard InChI is InChI=1S/C21H27ClN2O3S/c1-3-4-5-13-23-21(25)16-24(15-18-8-6-7-17(2)14-18)28(26,27)20-11-9-19(22)10-12-20/h6-12,14H,3-5,13,15-16H2,1-2H3,(H,23,25). The highest BCUT2D eigenvalue weighted by atomic mass is 35.5. The van der Waals surface area contributed by atoms with Gasteiger partial charge in [0.15, 0.2) is 0 Å². The zero-order chi connectivity index (χ0) is 20.6. The van der Waals surface area contributed by atoms with Crippen LogP contribution in [0.4, 0.5) is 0 Å². The van der Waals surface area contributed by atoms with Gasteiger partial charge in [-0.3, -0.25) is 4.79 Å². The fourth-order valence-corrected chi connectivity index (χ4v) is 4.32. The molecular formula is C21H27ClN2O3S. The van der Waals surface area contributed by atoms with Gasteiger partial charge >= 0.3 is 0 Å². The molecule has 0 atom stereocenters. The highest BCUT2D eigenvalue weighted by molar-refractivity contribution is 7.89. The second kappa shape index (κ2) is 10.6. The van der Waals surface area contributed by atoms with E-state index in [4.69, 9.17) is 11.6 Å². The van der Waals surface area contributed by atoms with Crippen LogP contribution in [0.1, 0.15) is 37.3 Å². The molecule has 0 unspecified atom stereocenters. The molecule has 0 heterocycles. The lowest BCUT2D eigenvalue weighted by atomic mass is 10.1. The molecule has 0 saturated carbocycles. The first-order valence-corrected chi connectivity index (χ1v) is 11.2. The maximum Gasteiger partial charge on any atom is 0.243 e. The van der Waals surface area contributed by atoms with Crippen molar-refractivity contribution in [1.29, 1.82) is 0 Å². The Morgan fingerprint density at radius 1 is 1.11 bits per heavy atom. The third kappa shape index (κ3) is 6.62. The third-order valence-corrected chi connectivity index (χ3v) is 6.37. The van der Waals surface area contributed by atoms with Crippen molar-refractivity contribution in [3.8, 4) is 0 Å². The summed E-state index contributed by atoms with van der Waals surface area (Å²) in [5, 5.41) is 3.27. The molecule has 0 spiro atoms. The smallest absolute Gasteiger partial charge is 0.243 e. The second-order valence-corrected chi connectivity index (χ2v) is 9.15. The summed E-state index contributed by atoms with van der Waals surface area (Å²) in [5.74, 6) is -0.304. The molecule has 1 amide bonds. The molecule has 0 fully saturated rings. The number of unbranched alkanes of at least 4 members (excludes halogenated alkanes) is 2. The number of carbonyl (C=O) groups is 1. The highest BCUT2D eigenvalue weighted by Crippen LogP contribution is 2.20. The highest BCUT2D eigenvalue weighted by Gasteiger charge is 2.27. The van der Waals surface area contributed by atoms with Crippen LogP contribution in [0.15, 0.2) is 53.4 Å². The van der Waals surface area contributed by atoms with Crippen molar-refractivity contribution in [2.24, 2.45) is 0 Å². The van der Waals surface area contributed by atoms with Crippen LogP contribution >= 0.6 is 11.6 Å². The summed E-state index contributed by atoms with van der Waals surface area (Å²) >= 11 is 5.88. The van der Waals surface area contributed by atoms with Crippen LogP contribution < -0.4 is 5.32 Å². The van der Waals surface area contributed by atoms with E-state index in [-0.39, 0.29) is 23.9 Å². The van der Waals surface area contributed by atoms with Crippen molar-refractivity contribution in [2.75, 3.05) is 13.1 Å². The van der Waals surface area contributed by atoms with Crippen molar-refractivity contribution in [1.82, 2.24) is 9.62 Å². The number of amides is 1. The first-order chi connectivity index (χ1) is 13.3. The topological polar surface area (TPSA) is 66.5 Å². The van der Waals surface area contributed by atoms with Crippen molar-refractivity contribution >= 4 is 27.5 Å². The van der Waals surface area contributed by atoms with Crippen molar-refractivity contribution in [3.63, 3.8) is 0 Å². The Hall–Kier alpha value is -1.89. The third-order valence-electron chi connectivity index (χ3n) is 4.32. The molecule has 0 aromatic heterocycles. The van der Waals surface area contributed by atoms with Crippen molar-refractivity contribution in [3.05, 3.63) is 64.7 Å². The summed E-state index contributed by atoms with van der Waals surface area (Å²) in [6, 6.07) is 13.6. The number of carbonyl (C=O) groups excluding carboxylic acids is 1. The summed E-state index contributed by atoms with van der Waals surface area (Å²) in [5.41, 5.74) is 1.86. The van der Waals surface area contributed by atoms with Gasteiger partial charge in [0, 0.05) is 18.1 Å². The zero-order valence-electron chi connectivity index (χ0n) is 16.3. The molecule has 152 valence electrons. The van der Waals surface area contributed by atoms with E-state index in [1.165, 1.54) is 28.6 Å². The Morgan fingerprint density at radius 3 is 2.46 bits per heavy atom. The summed E-state index contributed by atoms with van der Waals surface area (Å²) < 4.78 is 27.5. The Labute approximate surface area is 172 Å². The lowest BCUT2D eigenvalue weighted by Gasteiger charge is -2.22. The number of nitrogens with zero attached hydrogens (tertiary/aromatic N) is 1. The van der Waals surface area contributed by atoms with Gasteiger partial charge in [0.05, 0.1) is 11.4 Å². The SMILES string of the molecule is CCCCCNC(=O)CN(Cc1cccc(C)c1)S(=O)(=O)c1ccc(Cl)cc1. The van der Waals surface area contributed by atoms with Gasteiger partial charge in [-0.2, -0.15) is 4.31 Å². The minimum Gasteiger partial charge on any atom is -0.355 e. The Balaban J connectivity index is 2.22. The molecule has 0 saturated heterocycles. The van der Waals surface area contributed by atoms with E-state index in [0.717, 1.165) is 30.4 Å². The molecule has 28 heavy (non-hydrogen) atoms. The molecule has 0 bridgehead atoms. The number of rotatable bonds is 10. The number of benzene rings is 2. The second-order valence-electron chi connectivity index (χ2n) is 6.77. The first-order valence-electron chi connectivity index (χ1n) is 9.41. The molecule has 2 aromatic carbocycles. The molecule has 0 aliphatic carbocycles. The van der Waals surface area contributed by atoms with E-state index >= 15 is 0 Å². The lowest BCUT2D eigenvalue weighted by molar-refractivity contribution is -0.121. The van der Waals surface area contributed by atoms with Gasteiger partial charge in [-0.1, -0.05) is 61.2 Å². The lowest BCUT2D eigenvalue weighted by Crippen LogP contribution is -2.40. The molecule has 1 N–H and O–H groups in total. The average molecular weight is 423 g/mol. The fraction of sp³-hybridized carbons (Fsp3) is 0.381. The Bertz CT molecular complexity index is 883. The van der Waals surface area contributed by atoms with Gasteiger partial charge in [0.1, 0.15) is 0 Å². The summed E-state index contributed by atoms with van der Waals surface area (Å²) in [7, 11) is -3.85. The summed E-state index contributed by atoms with van der Waals surface area (Å²) in [6.07, 6.45) is 2.96. The molecule has 0 radical (unpaired) electrons. The number of halogens is 1. The number of sulfonamides is 1. The monoisotopic (exact) mass is 422 g/mol. The average Bonchev–Trinajstić information content (AvgIpc) is 2.65. The van der Waals surface area contributed by atoms with Crippen molar-refractivity contribution < 1.29 is 13.2 Å². The minimum absolute atomic E-state index is 0.114. The minimum atomic E-state index is -3.85. The van der Waals surface area contributed by atoms with Gasteiger partial charge < -0.3 is 5.32 Å². The molecule has 0 aliphatic rings. The van der Waals surface area contributed by atoms with Crippen LogP contribution in [0.2, 0.25) is 5.02 Å². The van der Waals surface area contributed by atoms with Gasteiger partial charge in [-0.25, -0.2) is 8.42 Å². The van der Waals surface area contributed by atoms with E-state index in [2.05, 4.69) is 12.2 Å². The van der Waals surface area contributed by atoms with Crippen molar-refractivity contribution in [2.45, 2.75) is 44.6 Å². The number of aryl methyl sites for hydroxylation is 1. The Morgan fingerprint density at radius 2 is 1.82 bits per heavy atom. The van der Waals surface area contributed by atoms with E-state index < -0.39 is 10.0 Å². The Kier molecular flexibility index (Phi) is 8.48. The molecular weight excluding hydrogens is 396 g/mol. The van der Waals surface area contributed by atoms with E-state index in [0.29, 0.717) is 11.6 Å². The molecule has 0 aliphatic heterocycles. The van der Waals surface area contributed by atoms with Crippen LogP contribution in [-0.4, -0.2) is 31.7 Å². The van der Waals surface area contributed by atoms with Gasteiger partial charge in [-0.05, 0) is 43.2 Å². The maximum atomic E-state index is 13.1. The quantitative estimate of drug-likeness (QED) is 0.585.